The van der Waals surface area contributed by atoms with Crippen molar-refractivity contribution in [3.8, 4) is 0 Å². The lowest BCUT2D eigenvalue weighted by Crippen LogP contribution is -2.21. The normalized spacial score (nSPS) is 11.1. The van der Waals surface area contributed by atoms with Gasteiger partial charge in [0.05, 0.1) is 18.9 Å². The second-order valence-electron chi connectivity index (χ2n) is 4.58. The smallest absolute Gasteiger partial charge is 0.105 e. The van der Waals surface area contributed by atoms with Crippen molar-refractivity contribution in [3.05, 3.63) is 17.7 Å². The van der Waals surface area contributed by atoms with Crippen molar-refractivity contribution in [3.63, 3.8) is 0 Å². The molecule has 0 spiro atoms. The van der Waals surface area contributed by atoms with Crippen LogP contribution in [0.3, 0.4) is 0 Å². The van der Waals surface area contributed by atoms with Crippen molar-refractivity contribution in [2.45, 2.75) is 39.8 Å². The summed E-state index contributed by atoms with van der Waals surface area (Å²) in [5.41, 5.74) is 1.20. The molecule has 0 saturated heterocycles. The first kappa shape index (κ1) is 16.1. The number of aryl methyl sites for hydroxylation is 1. The molecule has 5 nitrogen and oxygen atoms in total. The summed E-state index contributed by atoms with van der Waals surface area (Å²) in [7, 11) is 1.71. The van der Waals surface area contributed by atoms with Crippen LogP contribution in [0.15, 0.2) is 6.20 Å². The number of aromatic nitrogens is 2. The van der Waals surface area contributed by atoms with Gasteiger partial charge in [-0.1, -0.05) is 13.3 Å². The third-order valence-corrected chi connectivity index (χ3v) is 3.03. The molecular weight excluding hydrogens is 242 g/mol. The average Bonchev–Trinajstić information content (AvgIpc) is 2.76. The lowest BCUT2D eigenvalue weighted by molar-refractivity contribution is 0.122. The van der Waals surface area contributed by atoms with Crippen LogP contribution in [0.5, 0.6) is 0 Å². The van der Waals surface area contributed by atoms with Gasteiger partial charge in [-0.3, -0.25) is 0 Å². The molecule has 0 aliphatic heterocycles. The maximum atomic E-state index is 5.61. The Bertz CT molecular complexity index is 339. The summed E-state index contributed by atoms with van der Waals surface area (Å²) in [5.74, 6) is 1.04. The number of ether oxygens (including phenoxy) is 2. The molecule has 0 aliphatic carbocycles. The minimum atomic E-state index is 0.729. The Hall–Kier alpha value is -0.910. The maximum absolute atomic E-state index is 5.61. The zero-order valence-corrected chi connectivity index (χ0v) is 12.4. The van der Waals surface area contributed by atoms with Gasteiger partial charge in [0.2, 0.25) is 0 Å². The van der Waals surface area contributed by atoms with Crippen molar-refractivity contribution in [1.82, 2.24) is 14.9 Å². The minimum Gasteiger partial charge on any atom is -0.383 e. The summed E-state index contributed by atoms with van der Waals surface area (Å²) in [4.78, 5) is 4.37. The summed E-state index contributed by atoms with van der Waals surface area (Å²) in [5, 5.41) is 3.34. The van der Waals surface area contributed by atoms with E-state index in [1.807, 2.05) is 13.1 Å². The molecule has 1 heterocycles. The molecule has 1 rings (SSSR count). The van der Waals surface area contributed by atoms with Crippen LogP contribution >= 0.6 is 0 Å². The fourth-order valence-corrected chi connectivity index (χ4v) is 1.86. The van der Waals surface area contributed by atoms with Crippen molar-refractivity contribution >= 4 is 0 Å². The highest BCUT2D eigenvalue weighted by Gasteiger charge is 2.05. The van der Waals surface area contributed by atoms with Gasteiger partial charge in [0.15, 0.2) is 0 Å². The molecule has 0 fully saturated rings. The van der Waals surface area contributed by atoms with E-state index in [2.05, 4.69) is 21.8 Å². The third kappa shape index (κ3) is 6.18. The van der Waals surface area contributed by atoms with Crippen molar-refractivity contribution < 1.29 is 9.47 Å². The highest BCUT2D eigenvalue weighted by molar-refractivity contribution is 5.04. The van der Waals surface area contributed by atoms with Crippen LogP contribution in [0.1, 0.15) is 31.3 Å². The van der Waals surface area contributed by atoms with Gasteiger partial charge in [-0.2, -0.15) is 0 Å². The fourth-order valence-electron chi connectivity index (χ4n) is 1.86. The van der Waals surface area contributed by atoms with Gasteiger partial charge in [-0.25, -0.2) is 4.98 Å². The number of nitrogens with zero attached hydrogens (tertiary/aromatic N) is 2. The van der Waals surface area contributed by atoms with E-state index in [0.29, 0.717) is 0 Å². The van der Waals surface area contributed by atoms with Gasteiger partial charge in [0, 0.05) is 39.5 Å². The number of hydrogen-bond acceptors (Lipinski definition) is 4. The summed E-state index contributed by atoms with van der Waals surface area (Å²) in [6.07, 6.45) is 4.24. The Kier molecular flexibility index (Phi) is 8.45. The Morgan fingerprint density at radius 1 is 1.32 bits per heavy atom. The maximum Gasteiger partial charge on any atom is 0.105 e. The quantitative estimate of drug-likeness (QED) is 0.622. The second-order valence-corrected chi connectivity index (χ2v) is 4.58. The topological polar surface area (TPSA) is 48.3 Å². The predicted octanol–water partition coefficient (Wildman–Crippen LogP) is 1.74. The largest absolute Gasteiger partial charge is 0.383 e. The molecule has 0 radical (unpaired) electrons. The molecule has 0 atom stereocenters. The van der Waals surface area contributed by atoms with Gasteiger partial charge in [0.1, 0.15) is 5.82 Å². The molecule has 1 N–H and O–H groups in total. The molecule has 0 amide bonds. The molecule has 0 saturated carbocycles. The second kappa shape index (κ2) is 9.95. The van der Waals surface area contributed by atoms with E-state index < -0.39 is 0 Å². The van der Waals surface area contributed by atoms with E-state index >= 15 is 0 Å². The molecule has 0 unspecified atom stereocenters. The Balaban J connectivity index is 2.32. The zero-order valence-electron chi connectivity index (χ0n) is 12.4. The Morgan fingerprint density at radius 3 is 2.89 bits per heavy atom. The monoisotopic (exact) mass is 269 g/mol. The molecule has 0 aromatic carbocycles. The van der Waals surface area contributed by atoms with E-state index in [9.17, 15) is 0 Å². The fraction of sp³-hybridized carbons (Fsp3) is 0.786. The molecule has 19 heavy (non-hydrogen) atoms. The van der Waals surface area contributed by atoms with Gasteiger partial charge >= 0.3 is 0 Å². The summed E-state index contributed by atoms with van der Waals surface area (Å²) in [6.45, 7) is 9.09. The summed E-state index contributed by atoms with van der Waals surface area (Å²) in [6, 6.07) is 0. The minimum absolute atomic E-state index is 0.729. The molecule has 0 bridgehead atoms. The highest BCUT2D eigenvalue weighted by Crippen LogP contribution is 2.04. The molecule has 110 valence electrons. The summed E-state index contributed by atoms with van der Waals surface area (Å²) < 4.78 is 12.8. The number of unbranched alkanes of at least 4 members (excludes halogenated alkanes) is 1. The summed E-state index contributed by atoms with van der Waals surface area (Å²) >= 11 is 0. The molecule has 0 aliphatic rings. The van der Waals surface area contributed by atoms with Crippen LogP contribution in [0.25, 0.3) is 0 Å². The number of hydrogen-bond donors (Lipinski definition) is 1. The third-order valence-electron chi connectivity index (χ3n) is 3.03. The predicted molar refractivity (Wildman–Crippen MR) is 76.3 cm³/mol. The van der Waals surface area contributed by atoms with E-state index in [4.69, 9.17) is 9.47 Å². The van der Waals surface area contributed by atoms with Crippen LogP contribution in [0, 0.1) is 6.92 Å². The number of nitrogens with one attached hydrogen (secondary N) is 1. The van der Waals surface area contributed by atoms with Crippen molar-refractivity contribution in [2.75, 3.05) is 33.5 Å². The van der Waals surface area contributed by atoms with E-state index in [1.165, 1.54) is 12.1 Å². The standard InChI is InChI=1S/C14H27N3O2/c1-4-5-8-19-10-7-17-13(2)16-12-14(17)11-15-6-9-18-3/h12,15H,4-11H2,1-3H3. The van der Waals surface area contributed by atoms with Gasteiger partial charge in [-0.15, -0.1) is 0 Å². The first-order valence-corrected chi connectivity index (χ1v) is 7.08. The van der Waals surface area contributed by atoms with E-state index in [-0.39, 0.29) is 0 Å². The lowest BCUT2D eigenvalue weighted by atomic mass is 10.4. The van der Waals surface area contributed by atoms with Crippen LogP contribution in [-0.2, 0) is 22.6 Å². The highest BCUT2D eigenvalue weighted by atomic mass is 16.5. The van der Waals surface area contributed by atoms with Crippen molar-refractivity contribution in [1.29, 1.82) is 0 Å². The van der Waals surface area contributed by atoms with E-state index in [1.54, 1.807) is 7.11 Å². The lowest BCUT2D eigenvalue weighted by Gasteiger charge is -2.11. The van der Waals surface area contributed by atoms with Gasteiger partial charge < -0.3 is 19.4 Å². The Morgan fingerprint density at radius 2 is 2.16 bits per heavy atom. The first-order chi connectivity index (χ1) is 9.29. The molecule has 5 heteroatoms. The van der Waals surface area contributed by atoms with Crippen LogP contribution in [-0.4, -0.2) is 43.0 Å². The van der Waals surface area contributed by atoms with Crippen LogP contribution in [0.2, 0.25) is 0 Å². The van der Waals surface area contributed by atoms with Crippen molar-refractivity contribution in [2.24, 2.45) is 0 Å². The van der Waals surface area contributed by atoms with E-state index in [0.717, 1.165) is 51.7 Å². The number of methoxy groups -OCH3 is 1. The van der Waals surface area contributed by atoms with Gasteiger partial charge in [0.25, 0.3) is 0 Å². The molecular formula is C14H27N3O2. The Labute approximate surface area is 116 Å². The first-order valence-electron chi connectivity index (χ1n) is 7.08. The SMILES string of the molecule is CCCCOCCn1c(CNCCOC)cnc1C. The number of rotatable bonds is 11. The average molecular weight is 269 g/mol. The van der Waals surface area contributed by atoms with Crippen LogP contribution in [0.4, 0.5) is 0 Å². The number of imidazole rings is 1. The molecule has 1 aromatic heterocycles. The zero-order chi connectivity index (χ0) is 13.9. The van der Waals surface area contributed by atoms with Crippen LogP contribution < -0.4 is 5.32 Å². The molecule has 1 aromatic rings. The van der Waals surface area contributed by atoms with Gasteiger partial charge in [-0.05, 0) is 13.3 Å².